The number of hydrogen-bond acceptors (Lipinski definition) is 4. The Labute approximate surface area is 102 Å². The summed E-state index contributed by atoms with van der Waals surface area (Å²) < 4.78 is 9.89. The Balaban J connectivity index is 2.09. The summed E-state index contributed by atoms with van der Waals surface area (Å²) in [5.41, 5.74) is 1.98. The van der Waals surface area contributed by atoms with Crippen molar-refractivity contribution in [2.45, 2.75) is 0 Å². The Kier molecular flexibility index (Phi) is 2.37. The van der Waals surface area contributed by atoms with Gasteiger partial charge in [0.2, 0.25) is 5.89 Å². The summed E-state index contributed by atoms with van der Waals surface area (Å²) in [6.45, 7) is 0. The largest absolute Gasteiger partial charge is 0.464 e. The van der Waals surface area contributed by atoms with Crippen molar-refractivity contribution < 1.29 is 13.9 Å². The average Bonchev–Trinajstić information content (AvgIpc) is 3.03. The molecule has 5 nitrogen and oxygen atoms in total. The van der Waals surface area contributed by atoms with E-state index in [0.29, 0.717) is 5.89 Å². The average molecular weight is 242 g/mol. The summed E-state index contributed by atoms with van der Waals surface area (Å²) in [5.74, 6) is -0.113. The Bertz CT molecular complexity index is 712. The zero-order chi connectivity index (χ0) is 12.5. The maximum Gasteiger partial charge on any atom is 0.360 e. The highest BCUT2D eigenvalue weighted by Gasteiger charge is 2.15. The second-order valence-electron chi connectivity index (χ2n) is 3.78. The van der Waals surface area contributed by atoms with Gasteiger partial charge in [-0.2, -0.15) is 0 Å². The number of aromatic amines is 1. The Morgan fingerprint density at radius 3 is 3.06 bits per heavy atom. The maximum absolute atomic E-state index is 11.3. The van der Waals surface area contributed by atoms with Crippen molar-refractivity contribution in [1.82, 2.24) is 9.97 Å². The number of nitrogens with one attached hydrogen (secondary N) is 1. The zero-order valence-corrected chi connectivity index (χ0v) is 9.64. The first kappa shape index (κ1) is 10.6. The number of ether oxygens (including phenoxy) is 1. The molecule has 0 amide bonds. The molecule has 0 saturated carbocycles. The Hall–Kier alpha value is -2.56. The van der Waals surface area contributed by atoms with Gasteiger partial charge in [0.05, 0.1) is 12.7 Å². The van der Waals surface area contributed by atoms with Gasteiger partial charge >= 0.3 is 5.97 Å². The third-order valence-electron chi connectivity index (χ3n) is 2.72. The molecule has 1 N–H and O–H groups in total. The lowest BCUT2D eigenvalue weighted by atomic mass is 10.2. The van der Waals surface area contributed by atoms with Crippen molar-refractivity contribution in [3.05, 3.63) is 42.4 Å². The molecule has 0 bridgehead atoms. The van der Waals surface area contributed by atoms with E-state index in [4.69, 9.17) is 4.42 Å². The van der Waals surface area contributed by atoms with Gasteiger partial charge in [-0.25, -0.2) is 9.78 Å². The van der Waals surface area contributed by atoms with E-state index in [-0.39, 0.29) is 5.69 Å². The molecule has 90 valence electrons. The molecule has 0 atom stereocenters. The highest BCUT2D eigenvalue weighted by molar-refractivity contribution is 5.94. The molecule has 2 heterocycles. The summed E-state index contributed by atoms with van der Waals surface area (Å²) in [4.78, 5) is 18.5. The number of methoxy groups -OCH3 is 1. The van der Waals surface area contributed by atoms with Crippen LogP contribution in [0.15, 0.2) is 41.1 Å². The van der Waals surface area contributed by atoms with Gasteiger partial charge in [0.15, 0.2) is 5.69 Å². The molecule has 3 rings (SSSR count). The summed E-state index contributed by atoms with van der Waals surface area (Å²) in [6.07, 6.45) is 3.10. The lowest BCUT2D eigenvalue weighted by Gasteiger charge is -1.92. The quantitative estimate of drug-likeness (QED) is 0.701. The van der Waals surface area contributed by atoms with E-state index in [9.17, 15) is 4.79 Å². The molecule has 0 spiro atoms. The van der Waals surface area contributed by atoms with Crippen LogP contribution in [0.25, 0.3) is 22.4 Å². The van der Waals surface area contributed by atoms with Crippen molar-refractivity contribution in [3.63, 3.8) is 0 Å². The normalized spacial score (nSPS) is 10.7. The molecule has 0 radical (unpaired) electrons. The number of esters is 1. The monoisotopic (exact) mass is 242 g/mol. The van der Waals surface area contributed by atoms with Crippen molar-refractivity contribution in [2.24, 2.45) is 0 Å². The van der Waals surface area contributed by atoms with Crippen LogP contribution in [-0.4, -0.2) is 23.0 Å². The lowest BCUT2D eigenvalue weighted by Crippen LogP contribution is -2.00. The fourth-order valence-corrected chi connectivity index (χ4v) is 1.84. The summed E-state index contributed by atoms with van der Waals surface area (Å²) in [5, 5.41) is 0.996. The van der Waals surface area contributed by atoms with Crippen LogP contribution < -0.4 is 0 Å². The second-order valence-corrected chi connectivity index (χ2v) is 3.78. The van der Waals surface area contributed by atoms with Gasteiger partial charge in [0.25, 0.3) is 0 Å². The maximum atomic E-state index is 11.3. The number of carbonyl (C=O) groups is 1. The molecular formula is C13H10N2O3. The van der Waals surface area contributed by atoms with Gasteiger partial charge in [-0.15, -0.1) is 0 Å². The highest BCUT2D eigenvalue weighted by Crippen LogP contribution is 2.27. The van der Waals surface area contributed by atoms with E-state index in [1.165, 1.54) is 13.4 Å². The number of H-pyrrole nitrogens is 1. The number of carbonyl (C=O) groups excluding carboxylic acids is 1. The summed E-state index contributed by atoms with van der Waals surface area (Å²) in [6, 6.07) is 7.80. The van der Waals surface area contributed by atoms with Crippen LogP contribution in [0.5, 0.6) is 0 Å². The molecule has 0 unspecified atom stereocenters. The van der Waals surface area contributed by atoms with Gasteiger partial charge < -0.3 is 14.1 Å². The fourth-order valence-electron chi connectivity index (χ4n) is 1.84. The van der Waals surface area contributed by atoms with E-state index in [0.717, 1.165) is 16.5 Å². The molecule has 0 saturated heterocycles. The van der Waals surface area contributed by atoms with Crippen LogP contribution in [0.2, 0.25) is 0 Å². The fraction of sp³-hybridized carbons (Fsp3) is 0.0769. The number of nitrogens with zero attached hydrogens (tertiary/aromatic N) is 1. The smallest absolute Gasteiger partial charge is 0.360 e. The number of rotatable bonds is 2. The zero-order valence-electron chi connectivity index (χ0n) is 9.64. The Morgan fingerprint density at radius 2 is 2.22 bits per heavy atom. The lowest BCUT2D eigenvalue weighted by molar-refractivity contribution is 0.0594. The molecule has 0 aliphatic heterocycles. The van der Waals surface area contributed by atoms with E-state index in [1.807, 2.05) is 24.3 Å². The first-order valence-corrected chi connectivity index (χ1v) is 5.40. The topological polar surface area (TPSA) is 68.1 Å². The summed E-state index contributed by atoms with van der Waals surface area (Å²) >= 11 is 0. The van der Waals surface area contributed by atoms with Crippen LogP contribution in [0.1, 0.15) is 10.5 Å². The summed E-state index contributed by atoms with van der Waals surface area (Å²) in [7, 11) is 1.31. The number of benzene rings is 1. The predicted octanol–water partition coefficient (Wildman–Crippen LogP) is 2.61. The standard InChI is InChI=1S/C13H10N2O3/c1-17-13(16)11-7-18-12(15-11)9-6-14-10-5-3-2-4-8(9)10/h2-7,14H,1H3. The van der Waals surface area contributed by atoms with E-state index in [2.05, 4.69) is 14.7 Å². The molecule has 1 aromatic carbocycles. The minimum absolute atomic E-state index is 0.165. The highest BCUT2D eigenvalue weighted by atomic mass is 16.5. The first-order valence-electron chi connectivity index (χ1n) is 5.40. The van der Waals surface area contributed by atoms with Crippen LogP contribution in [-0.2, 0) is 4.74 Å². The molecular weight excluding hydrogens is 232 g/mol. The molecule has 3 aromatic rings. The molecule has 2 aromatic heterocycles. The molecule has 0 aliphatic carbocycles. The molecule has 5 heteroatoms. The van der Waals surface area contributed by atoms with Gasteiger partial charge in [-0.05, 0) is 6.07 Å². The minimum Gasteiger partial charge on any atom is -0.464 e. The third kappa shape index (κ3) is 1.57. The number of para-hydroxylation sites is 1. The van der Waals surface area contributed by atoms with Gasteiger partial charge in [0.1, 0.15) is 6.26 Å². The number of fused-ring (bicyclic) bond motifs is 1. The minimum atomic E-state index is -0.509. The van der Waals surface area contributed by atoms with Gasteiger partial charge in [-0.3, -0.25) is 0 Å². The first-order chi connectivity index (χ1) is 8.79. The third-order valence-corrected chi connectivity index (χ3v) is 2.72. The van der Waals surface area contributed by atoms with Crippen molar-refractivity contribution in [2.75, 3.05) is 7.11 Å². The van der Waals surface area contributed by atoms with Gasteiger partial charge in [0, 0.05) is 17.1 Å². The van der Waals surface area contributed by atoms with Crippen molar-refractivity contribution >= 4 is 16.9 Å². The van der Waals surface area contributed by atoms with Crippen LogP contribution in [0, 0.1) is 0 Å². The van der Waals surface area contributed by atoms with E-state index >= 15 is 0 Å². The molecule has 0 aliphatic rings. The van der Waals surface area contributed by atoms with Crippen LogP contribution in [0.4, 0.5) is 0 Å². The van der Waals surface area contributed by atoms with Crippen molar-refractivity contribution in [1.29, 1.82) is 0 Å². The number of aromatic nitrogens is 2. The van der Waals surface area contributed by atoms with Crippen LogP contribution >= 0.6 is 0 Å². The van der Waals surface area contributed by atoms with Crippen molar-refractivity contribution in [3.8, 4) is 11.5 Å². The Morgan fingerprint density at radius 1 is 1.39 bits per heavy atom. The molecule has 0 fully saturated rings. The van der Waals surface area contributed by atoms with Crippen LogP contribution in [0.3, 0.4) is 0 Å². The van der Waals surface area contributed by atoms with E-state index in [1.54, 1.807) is 6.20 Å². The second kappa shape index (κ2) is 4.03. The number of oxazole rings is 1. The van der Waals surface area contributed by atoms with Gasteiger partial charge in [-0.1, -0.05) is 18.2 Å². The molecule has 18 heavy (non-hydrogen) atoms. The predicted molar refractivity (Wildman–Crippen MR) is 65.1 cm³/mol. The number of hydrogen-bond donors (Lipinski definition) is 1. The van der Waals surface area contributed by atoms with E-state index < -0.39 is 5.97 Å². The SMILES string of the molecule is COC(=O)c1coc(-c2c[nH]c3ccccc23)n1.